The van der Waals surface area contributed by atoms with Gasteiger partial charge in [-0.1, -0.05) is 18.2 Å². The van der Waals surface area contributed by atoms with Gasteiger partial charge in [-0.05, 0) is 54.5 Å². The number of aromatic nitrogens is 1. The molecule has 0 radical (unpaired) electrons. The van der Waals surface area contributed by atoms with E-state index in [1.54, 1.807) is 30.5 Å². The quantitative estimate of drug-likeness (QED) is 0.414. The lowest BCUT2D eigenvalue weighted by Crippen LogP contribution is -2.23. The number of thioether (sulfide) groups is 1. The van der Waals surface area contributed by atoms with Gasteiger partial charge >= 0.3 is 0 Å². The Morgan fingerprint density at radius 3 is 2.59 bits per heavy atom. The summed E-state index contributed by atoms with van der Waals surface area (Å²) in [5, 5.41) is 13.1. The Hall–Kier alpha value is -2.93. The number of halogens is 2. The van der Waals surface area contributed by atoms with Gasteiger partial charge in [0, 0.05) is 24.4 Å². The monoisotopic (exact) mass is 414 g/mol. The molecule has 1 heterocycles. The summed E-state index contributed by atoms with van der Waals surface area (Å²) in [5.74, 6) is -0.548. The second-order valence-electron chi connectivity index (χ2n) is 6.39. The third-order valence-electron chi connectivity index (χ3n) is 4.26. The molecule has 1 amide bonds. The van der Waals surface area contributed by atoms with Crippen LogP contribution in [0.3, 0.4) is 0 Å². The molecule has 0 atom stereocenters. The summed E-state index contributed by atoms with van der Waals surface area (Å²) in [6, 6.07) is 13.5. The van der Waals surface area contributed by atoms with Gasteiger partial charge in [0.15, 0.2) is 0 Å². The molecule has 29 heavy (non-hydrogen) atoms. The van der Waals surface area contributed by atoms with Crippen molar-refractivity contribution in [3.8, 4) is 5.75 Å². The van der Waals surface area contributed by atoms with E-state index in [0.717, 1.165) is 30.2 Å². The van der Waals surface area contributed by atoms with E-state index >= 15 is 0 Å². The van der Waals surface area contributed by atoms with E-state index in [1.165, 1.54) is 36.0 Å². The normalized spacial score (nSPS) is 10.7. The fraction of sp³-hybridized carbons (Fsp3) is 0.182. The number of amides is 1. The molecular weight excluding hydrogens is 394 g/mol. The highest BCUT2D eigenvalue weighted by atomic mass is 32.2. The van der Waals surface area contributed by atoms with Crippen LogP contribution in [0.1, 0.15) is 27.9 Å². The van der Waals surface area contributed by atoms with E-state index < -0.39 is 5.82 Å². The molecule has 0 fully saturated rings. The molecule has 0 aliphatic rings. The summed E-state index contributed by atoms with van der Waals surface area (Å²) in [4.78, 5) is 16.8. The summed E-state index contributed by atoms with van der Waals surface area (Å²) in [5.41, 5.74) is 1.93. The van der Waals surface area contributed by atoms with Crippen LogP contribution in [0.5, 0.6) is 5.75 Å². The standard InChI is InChI=1S/C22H20F2N2O2S/c23-17-8-5-15(6-9-17)3-2-12-29-22-19(4-1-11-25-22)21(28)26-14-16-7-10-18(24)13-20(16)27/h1,4-11,13,27H,2-3,12,14H2,(H,26,28). The predicted molar refractivity (Wildman–Crippen MR) is 109 cm³/mol. The fourth-order valence-corrected chi connectivity index (χ4v) is 3.67. The van der Waals surface area contributed by atoms with Crippen LogP contribution in [0.25, 0.3) is 0 Å². The van der Waals surface area contributed by atoms with Gasteiger partial charge in [-0.25, -0.2) is 13.8 Å². The summed E-state index contributed by atoms with van der Waals surface area (Å²) in [6.45, 7) is 0.0779. The number of rotatable bonds is 8. The summed E-state index contributed by atoms with van der Waals surface area (Å²) < 4.78 is 26.0. The minimum atomic E-state index is -0.538. The van der Waals surface area contributed by atoms with Crippen LogP contribution in [0.2, 0.25) is 0 Å². The Labute approximate surface area is 172 Å². The Kier molecular flexibility index (Phi) is 7.19. The average Bonchev–Trinajstić information content (AvgIpc) is 2.72. The Bertz CT molecular complexity index is 981. The van der Waals surface area contributed by atoms with Crippen molar-refractivity contribution in [2.24, 2.45) is 0 Å². The lowest BCUT2D eigenvalue weighted by atomic mass is 10.1. The number of carbonyl (C=O) groups is 1. The van der Waals surface area contributed by atoms with E-state index in [1.807, 2.05) is 0 Å². The molecule has 150 valence electrons. The van der Waals surface area contributed by atoms with Gasteiger partial charge in [0.2, 0.25) is 0 Å². The maximum atomic E-state index is 13.1. The Morgan fingerprint density at radius 1 is 1.07 bits per heavy atom. The number of hydrogen-bond acceptors (Lipinski definition) is 4. The molecule has 0 aliphatic carbocycles. The van der Waals surface area contributed by atoms with Crippen LogP contribution in [0.15, 0.2) is 65.8 Å². The lowest BCUT2D eigenvalue weighted by molar-refractivity contribution is 0.0947. The van der Waals surface area contributed by atoms with Crippen molar-refractivity contribution in [1.29, 1.82) is 0 Å². The van der Waals surface area contributed by atoms with Gasteiger partial charge in [-0.2, -0.15) is 0 Å². The molecule has 0 spiro atoms. The topological polar surface area (TPSA) is 62.2 Å². The van der Waals surface area contributed by atoms with Crippen LogP contribution in [-0.4, -0.2) is 21.8 Å². The van der Waals surface area contributed by atoms with Crippen LogP contribution >= 0.6 is 11.8 Å². The minimum absolute atomic E-state index is 0.0779. The van der Waals surface area contributed by atoms with Crippen molar-refractivity contribution >= 4 is 17.7 Å². The SMILES string of the molecule is O=C(NCc1ccc(F)cc1O)c1cccnc1SCCCc1ccc(F)cc1. The van der Waals surface area contributed by atoms with Crippen molar-refractivity contribution in [2.45, 2.75) is 24.4 Å². The van der Waals surface area contributed by atoms with E-state index in [2.05, 4.69) is 10.3 Å². The first kappa shape index (κ1) is 20.8. The summed E-state index contributed by atoms with van der Waals surface area (Å²) in [6.07, 6.45) is 3.30. The molecule has 1 aromatic heterocycles. The maximum Gasteiger partial charge on any atom is 0.254 e. The van der Waals surface area contributed by atoms with Gasteiger partial charge in [-0.15, -0.1) is 11.8 Å². The summed E-state index contributed by atoms with van der Waals surface area (Å²) in [7, 11) is 0. The second kappa shape index (κ2) is 10.0. The molecule has 0 bridgehead atoms. The molecule has 3 aromatic rings. The highest BCUT2D eigenvalue weighted by Gasteiger charge is 2.13. The van der Waals surface area contributed by atoms with Gasteiger partial charge in [0.25, 0.3) is 5.91 Å². The number of nitrogens with zero attached hydrogens (tertiary/aromatic N) is 1. The van der Waals surface area contributed by atoms with Crippen LogP contribution in [0, 0.1) is 11.6 Å². The molecule has 3 rings (SSSR count). The molecular formula is C22H20F2N2O2S. The number of pyridine rings is 1. The highest BCUT2D eigenvalue weighted by molar-refractivity contribution is 7.99. The van der Waals surface area contributed by atoms with Gasteiger partial charge in [0.1, 0.15) is 22.4 Å². The number of phenolic OH excluding ortho intramolecular Hbond substituents is 1. The van der Waals surface area contributed by atoms with Gasteiger partial charge < -0.3 is 10.4 Å². The van der Waals surface area contributed by atoms with Crippen molar-refractivity contribution in [3.05, 3.63) is 89.1 Å². The van der Waals surface area contributed by atoms with Crippen LogP contribution in [-0.2, 0) is 13.0 Å². The molecule has 7 heteroatoms. The van der Waals surface area contributed by atoms with Crippen molar-refractivity contribution in [3.63, 3.8) is 0 Å². The number of nitrogens with one attached hydrogen (secondary N) is 1. The molecule has 2 aromatic carbocycles. The zero-order valence-corrected chi connectivity index (χ0v) is 16.4. The van der Waals surface area contributed by atoms with E-state index in [9.17, 15) is 18.7 Å². The summed E-state index contributed by atoms with van der Waals surface area (Å²) >= 11 is 1.48. The number of hydrogen-bond donors (Lipinski definition) is 2. The van der Waals surface area contributed by atoms with Crippen molar-refractivity contribution < 1.29 is 18.7 Å². The first-order valence-corrected chi connectivity index (χ1v) is 10.1. The minimum Gasteiger partial charge on any atom is -0.507 e. The van der Waals surface area contributed by atoms with Crippen LogP contribution < -0.4 is 5.32 Å². The molecule has 0 saturated carbocycles. The lowest BCUT2D eigenvalue weighted by Gasteiger charge is -2.10. The highest BCUT2D eigenvalue weighted by Crippen LogP contribution is 2.22. The second-order valence-corrected chi connectivity index (χ2v) is 7.47. The van der Waals surface area contributed by atoms with Crippen molar-refractivity contribution in [1.82, 2.24) is 10.3 Å². The number of benzene rings is 2. The molecule has 4 nitrogen and oxygen atoms in total. The number of aryl methyl sites for hydroxylation is 1. The number of aromatic hydroxyl groups is 1. The molecule has 0 saturated heterocycles. The smallest absolute Gasteiger partial charge is 0.254 e. The maximum absolute atomic E-state index is 13.1. The van der Waals surface area contributed by atoms with Gasteiger partial charge in [0.05, 0.1) is 5.56 Å². The van der Waals surface area contributed by atoms with E-state index in [-0.39, 0.29) is 24.0 Å². The predicted octanol–water partition coefficient (Wildman–Crippen LogP) is 4.72. The van der Waals surface area contributed by atoms with Crippen molar-refractivity contribution in [2.75, 3.05) is 5.75 Å². The van der Waals surface area contributed by atoms with E-state index in [0.29, 0.717) is 16.2 Å². The van der Waals surface area contributed by atoms with E-state index in [4.69, 9.17) is 0 Å². The first-order valence-electron chi connectivity index (χ1n) is 9.11. The Morgan fingerprint density at radius 2 is 1.83 bits per heavy atom. The van der Waals surface area contributed by atoms with Gasteiger partial charge in [-0.3, -0.25) is 4.79 Å². The zero-order valence-electron chi connectivity index (χ0n) is 15.6. The van der Waals surface area contributed by atoms with Crippen LogP contribution in [0.4, 0.5) is 8.78 Å². The first-order chi connectivity index (χ1) is 14.0. The zero-order chi connectivity index (χ0) is 20.6. The number of phenols is 1. The Balaban J connectivity index is 1.54. The molecule has 2 N–H and O–H groups in total. The fourth-order valence-electron chi connectivity index (χ4n) is 2.73. The average molecular weight is 414 g/mol. The molecule has 0 aliphatic heterocycles. The number of carbonyl (C=O) groups excluding carboxylic acids is 1. The molecule has 0 unspecified atom stereocenters. The third-order valence-corrected chi connectivity index (χ3v) is 5.36. The third kappa shape index (κ3) is 6.02. The largest absolute Gasteiger partial charge is 0.507 e.